The molecule has 0 bridgehead atoms. The number of benzene rings is 1. The van der Waals surface area contributed by atoms with Gasteiger partial charge < -0.3 is 10.5 Å². The number of nitrogens with zero attached hydrogens (tertiary/aromatic N) is 2. The van der Waals surface area contributed by atoms with Crippen LogP contribution in [0.3, 0.4) is 0 Å². The lowest BCUT2D eigenvalue weighted by atomic mass is 10.1. The normalized spacial score (nSPS) is 10.9. The van der Waals surface area contributed by atoms with Crippen molar-refractivity contribution in [3.63, 3.8) is 0 Å². The van der Waals surface area contributed by atoms with Crippen LogP contribution in [0.15, 0.2) is 35.4 Å². The molecule has 0 amide bonds. The number of rotatable bonds is 5. The number of hydrogen-bond acceptors (Lipinski definition) is 6. The van der Waals surface area contributed by atoms with E-state index in [0.29, 0.717) is 11.3 Å². The van der Waals surface area contributed by atoms with Crippen LogP contribution in [0.5, 0.6) is 0 Å². The number of esters is 1. The third kappa shape index (κ3) is 4.27. The number of carbonyl (C=O) groups excluding carboxylic acids is 1. The van der Waals surface area contributed by atoms with Crippen molar-refractivity contribution in [1.82, 2.24) is 0 Å². The highest BCUT2D eigenvalue weighted by atomic mass is 16.5. The van der Waals surface area contributed by atoms with Gasteiger partial charge >= 0.3 is 5.97 Å². The van der Waals surface area contributed by atoms with Gasteiger partial charge in [-0.15, -0.1) is 0 Å². The number of amidine groups is 1. The Kier molecular flexibility index (Phi) is 5.47. The lowest BCUT2D eigenvalue weighted by Gasteiger charge is -2.05. The van der Waals surface area contributed by atoms with Crippen LogP contribution in [0.1, 0.15) is 5.56 Å². The Labute approximate surface area is 115 Å². The number of ether oxygens (including phenoxy) is 1. The number of anilines is 1. The van der Waals surface area contributed by atoms with Crippen LogP contribution in [-0.4, -0.2) is 24.6 Å². The van der Waals surface area contributed by atoms with Crippen LogP contribution in [-0.2, 0) is 9.53 Å². The van der Waals surface area contributed by atoms with Crippen LogP contribution >= 0.6 is 0 Å². The van der Waals surface area contributed by atoms with Crippen LogP contribution in [0.4, 0.5) is 5.69 Å². The van der Waals surface area contributed by atoms with Crippen LogP contribution in [0.25, 0.3) is 6.08 Å². The number of nitrogens with two attached hydrogens (primary N) is 1. The third-order valence-corrected chi connectivity index (χ3v) is 2.21. The first-order valence-electron chi connectivity index (χ1n) is 5.51. The standard InChI is InChI=1S/C13H13N5O2/c1-20-12(19)7-6-9-4-2-3-5-10(9)17-18-11(8-14)13(15)16/h2-7,17H,1H3,(H3,15,16)/b7-6?,18-11+. The van der Waals surface area contributed by atoms with Gasteiger partial charge in [0.25, 0.3) is 0 Å². The first kappa shape index (κ1) is 14.9. The second-order valence-electron chi connectivity index (χ2n) is 3.54. The maximum Gasteiger partial charge on any atom is 0.330 e. The molecule has 1 aromatic rings. The van der Waals surface area contributed by atoms with E-state index in [1.165, 1.54) is 13.2 Å². The summed E-state index contributed by atoms with van der Waals surface area (Å²) in [5, 5.41) is 19.6. The summed E-state index contributed by atoms with van der Waals surface area (Å²) in [6.07, 6.45) is 2.81. The Bertz CT molecular complexity index is 613. The Hall–Kier alpha value is -3.14. The summed E-state index contributed by atoms with van der Waals surface area (Å²) in [5.74, 6) is -0.910. The van der Waals surface area contributed by atoms with Crippen molar-refractivity contribution >= 4 is 29.3 Å². The van der Waals surface area contributed by atoms with Crippen molar-refractivity contribution in [2.24, 2.45) is 10.8 Å². The van der Waals surface area contributed by atoms with E-state index in [9.17, 15) is 4.79 Å². The highest BCUT2D eigenvalue weighted by Crippen LogP contribution is 2.16. The quantitative estimate of drug-likeness (QED) is 0.243. The number of hydrogen-bond donors (Lipinski definition) is 3. The summed E-state index contributed by atoms with van der Waals surface area (Å²) in [6.45, 7) is 0. The molecule has 0 fully saturated rings. The molecule has 0 saturated carbocycles. The molecule has 0 radical (unpaired) electrons. The van der Waals surface area contributed by atoms with Crippen molar-refractivity contribution < 1.29 is 9.53 Å². The van der Waals surface area contributed by atoms with Crippen LogP contribution in [0.2, 0.25) is 0 Å². The zero-order valence-electron chi connectivity index (χ0n) is 10.8. The van der Waals surface area contributed by atoms with Gasteiger partial charge in [0.2, 0.25) is 5.71 Å². The second-order valence-corrected chi connectivity index (χ2v) is 3.54. The number of methoxy groups -OCH3 is 1. The minimum Gasteiger partial charge on any atom is -0.466 e. The molecule has 102 valence electrons. The fraction of sp³-hybridized carbons (Fsp3) is 0.0769. The fourth-order valence-electron chi connectivity index (χ4n) is 1.23. The van der Waals surface area contributed by atoms with E-state index in [1.54, 1.807) is 36.4 Å². The van der Waals surface area contributed by atoms with Gasteiger partial charge in [-0.25, -0.2) is 4.79 Å². The summed E-state index contributed by atoms with van der Waals surface area (Å²) < 4.78 is 4.50. The van der Waals surface area contributed by atoms with Gasteiger partial charge in [-0.3, -0.25) is 10.8 Å². The molecular weight excluding hydrogens is 258 g/mol. The van der Waals surface area contributed by atoms with E-state index in [1.807, 2.05) is 0 Å². The van der Waals surface area contributed by atoms with Gasteiger partial charge in [-0.2, -0.15) is 10.4 Å². The first-order chi connectivity index (χ1) is 9.58. The maximum absolute atomic E-state index is 11.1. The Morgan fingerprint density at radius 3 is 2.85 bits per heavy atom. The van der Waals surface area contributed by atoms with E-state index in [4.69, 9.17) is 16.4 Å². The molecule has 0 heterocycles. The van der Waals surface area contributed by atoms with Crippen LogP contribution < -0.4 is 11.2 Å². The van der Waals surface area contributed by atoms with Crippen molar-refractivity contribution in [1.29, 1.82) is 10.7 Å². The number of nitrogens with one attached hydrogen (secondary N) is 2. The summed E-state index contributed by atoms with van der Waals surface area (Å²) in [4.78, 5) is 11.1. The van der Waals surface area contributed by atoms with Crippen molar-refractivity contribution in [2.75, 3.05) is 12.5 Å². The molecule has 0 aromatic heterocycles. The highest BCUT2D eigenvalue weighted by molar-refractivity contribution is 6.45. The summed E-state index contributed by atoms with van der Waals surface area (Å²) in [6, 6.07) is 8.68. The van der Waals surface area contributed by atoms with Crippen molar-refractivity contribution in [3.8, 4) is 6.07 Å². The van der Waals surface area contributed by atoms with Gasteiger partial charge in [-0.1, -0.05) is 18.2 Å². The predicted molar refractivity (Wildman–Crippen MR) is 76.1 cm³/mol. The molecule has 0 unspecified atom stereocenters. The molecule has 0 aliphatic carbocycles. The fourth-order valence-corrected chi connectivity index (χ4v) is 1.23. The predicted octanol–water partition coefficient (Wildman–Crippen LogP) is 1.10. The number of carbonyl (C=O) groups is 1. The van der Waals surface area contributed by atoms with Gasteiger partial charge in [0, 0.05) is 6.08 Å². The minimum atomic E-state index is -0.482. The average Bonchev–Trinajstić information content (AvgIpc) is 2.46. The third-order valence-electron chi connectivity index (χ3n) is 2.21. The average molecular weight is 271 g/mol. The lowest BCUT2D eigenvalue weighted by molar-refractivity contribution is -0.134. The zero-order valence-corrected chi connectivity index (χ0v) is 10.8. The van der Waals surface area contributed by atoms with Crippen molar-refractivity contribution in [3.05, 3.63) is 35.9 Å². The molecule has 20 heavy (non-hydrogen) atoms. The summed E-state index contributed by atoms with van der Waals surface area (Å²) >= 11 is 0. The smallest absolute Gasteiger partial charge is 0.330 e. The summed E-state index contributed by atoms with van der Waals surface area (Å²) in [5.41, 5.74) is 8.81. The number of hydrazone groups is 1. The molecule has 0 atom stereocenters. The van der Waals surface area contributed by atoms with Gasteiger partial charge in [0.1, 0.15) is 6.07 Å². The molecule has 0 aliphatic rings. The Balaban J connectivity index is 2.97. The highest BCUT2D eigenvalue weighted by Gasteiger charge is 2.02. The van der Waals surface area contributed by atoms with Crippen LogP contribution in [0, 0.1) is 16.7 Å². The van der Waals surface area contributed by atoms with E-state index in [0.717, 1.165) is 0 Å². The van der Waals surface area contributed by atoms with E-state index < -0.39 is 11.8 Å². The van der Waals surface area contributed by atoms with Gasteiger partial charge in [-0.05, 0) is 17.7 Å². The topological polar surface area (TPSA) is 124 Å². The molecule has 4 N–H and O–H groups in total. The Morgan fingerprint density at radius 2 is 2.25 bits per heavy atom. The molecule has 7 nitrogen and oxygen atoms in total. The summed E-state index contributed by atoms with van der Waals surface area (Å²) in [7, 11) is 1.28. The Morgan fingerprint density at radius 1 is 1.55 bits per heavy atom. The largest absolute Gasteiger partial charge is 0.466 e. The van der Waals surface area contributed by atoms with Gasteiger partial charge in [0.05, 0.1) is 12.8 Å². The maximum atomic E-state index is 11.1. The molecule has 0 spiro atoms. The molecule has 0 aliphatic heterocycles. The molecule has 1 aromatic carbocycles. The first-order valence-corrected chi connectivity index (χ1v) is 5.51. The van der Waals surface area contributed by atoms with Crippen molar-refractivity contribution in [2.45, 2.75) is 0 Å². The monoisotopic (exact) mass is 271 g/mol. The van der Waals surface area contributed by atoms with E-state index in [2.05, 4.69) is 15.3 Å². The number of para-hydroxylation sites is 1. The minimum absolute atomic E-state index is 0.225. The second kappa shape index (κ2) is 7.33. The van der Waals surface area contributed by atoms with Gasteiger partial charge in [0.15, 0.2) is 5.84 Å². The molecular formula is C13H13N5O2. The van der Waals surface area contributed by atoms with E-state index in [-0.39, 0.29) is 5.71 Å². The number of nitriles is 1. The molecule has 0 saturated heterocycles. The molecule has 1 rings (SSSR count). The SMILES string of the molecule is COC(=O)C=Cc1ccccc1N/N=C(\C#N)C(=N)N. The molecule has 7 heteroatoms. The lowest BCUT2D eigenvalue weighted by Crippen LogP contribution is -2.21. The zero-order chi connectivity index (χ0) is 15.0. The van der Waals surface area contributed by atoms with E-state index >= 15 is 0 Å².